The van der Waals surface area contributed by atoms with E-state index in [2.05, 4.69) is 15.3 Å². The van der Waals surface area contributed by atoms with Crippen LogP contribution in [0.3, 0.4) is 0 Å². The first-order valence-corrected chi connectivity index (χ1v) is 5.99. The molecular formula is C13H13N3O2. The van der Waals surface area contributed by atoms with Gasteiger partial charge >= 0.3 is 5.97 Å². The van der Waals surface area contributed by atoms with E-state index in [9.17, 15) is 4.79 Å². The van der Waals surface area contributed by atoms with Crippen LogP contribution < -0.4 is 5.32 Å². The minimum Gasteiger partial charge on any atom is -0.478 e. The number of hydrogen-bond donors (Lipinski definition) is 2. The molecule has 1 fully saturated rings. The van der Waals surface area contributed by atoms with E-state index in [0.717, 1.165) is 18.2 Å². The maximum Gasteiger partial charge on any atom is 0.337 e. The topological polar surface area (TPSA) is 75.1 Å². The van der Waals surface area contributed by atoms with E-state index < -0.39 is 5.97 Å². The number of nitrogens with zero attached hydrogens (tertiary/aromatic N) is 2. The van der Waals surface area contributed by atoms with Crippen LogP contribution in [0.5, 0.6) is 0 Å². The molecule has 0 atom stereocenters. The molecule has 3 rings (SSSR count). The van der Waals surface area contributed by atoms with Gasteiger partial charge in [0.25, 0.3) is 0 Å². The van der Waals surface area contributed by atoms with Crippen molar-refractivity contribution >= 4 is 22.8 Å². The van der Waals surface area contributed by atoms with Gasteiger partial charge in [-0.1, -0.05) is 12.1 Å². The lowest BCUT2D eigenvalue weighted by atomic mass is 9.93. The van der Waals surface area contributed by atoms with Crippen LogP contribution in [0.1, 0.15) is 29.6 Å². The summed E-state index contributed by atoms with van der Waals surface area (Å²) in [5.74, 6) is -0.449. The van der Waals surface area contributed by atoms with Gasteiger partial charge in [0.05, 0.1) is 11.1 Å². The SMILES string of the molecule is O=C(O)c1cccc2cnc(NC3CCC3)nc12. The van der Waals surface area contributed by atoms with E-state index in [4.69, 9.17) is 5.11 Å². The molecule has 0 spiro atoms. The van der Waals surface area contributed by atoms with Crippen molar-refractivity contribution in [2.24, 2.45) is 0 Å². The molecule has 1 aromatic heterocycles. The normalized spacial score (nSPS) is 15.3. The van der Waals surface area contributed by atoms with Crippen molar-refractivity contribution in [3.63, 3.8) is 0 Å². The number of aromatic nitrogens is 2. The first-order chi connectivity index (χ1) is 8.74. The summed E-state index contributed by atoms with van der Waals surface area (Å²) in [7, 11) is 0. The molecule has 18 heavy (non-hydrogen) atoms. The molecule has 1 aliphatic rings. The number of carboxylic acid groups (broad SMARTS) is 1. The van der Waals surface area contributed by atoms with Crippen LogP contribution in [0, 0.1) is 0 Å². The Hall–Kier alpha value is -2.17. The highest BCUT2D eigenvalue weighted by molar-refractivity contribution is 6.01. The average Bonchev–Trinajstić information content (AvgIpc) is 2.32. The summed E-state index contributed by atoms with van der Waals surface area (Å²) in [4.78, 5) is 19.7. The fraction of sp³-hybridized carbons (Fsp3) is 0.308. The molecular weight excluding hydrogens is 230 g/mol. The fourth-order valence-electron chi connectivity index (χ4n) is 2.03. The molecule has 1 aromatic carbocycles. The van der Waals surface area contributed by atoms with Gasteiger partial charge in [-0.25, -0.2) is 14.8 Å². The number of para-hydroxylation sites is 1. The molecule has 1 aliphatic carbocycles. The van der Waals surface area contributed by atoms with Crippen LogP contribution in [0.25, 0.3) is 10.9 Å². The van der Waals surface area contributed by atoms with Crippen LogP contribution in [-0.2, 0) is 0 Å². The molecule has 2 aromatic rings. The van der Waals surface area contributed by atoms with Crippen molar-refractivity contribution < 1.29 is 9.90 Å². The van der Waals surface area contributed by atoms with Crippen molar-refractivity contribution in [3.8, 4) is 0 Å². The van der Waals surface area contributed by atoms with E-state index in [0.29, 0.717) is 17.5 Å². The van der Waals surface area contributed by atoms with E-state index in [1.807, 2.05) is 6.07 Å². The largest absolute Gasteiger partial charge is 0.478 e. The molecule has 0 unspecified atom stereocenters. The minimum absolute atomic E-state index is 0.214. The third-order valence-corrected chi connectivity index (χ3v) is 3.28. The van der Waals surface area contributed by atoms with Crippen LogP contribution in [0.15, 0.2) is 24.4 Å². The number of fused-ring (bicyclic) bond motifs is 1. The van der Waals surface area contributed by atoms with Gasteiger partial charge in [0.1, 0.15) is 0 Å². The van der Waals surface area contributed by atoms with Crippen LogP contribution in [-0.4, -0.2) is 27.1 Å². The Morgan fingerprint density at radius 1 is 1.39 bits per heavy atom. The number of anilines is 1. The Bertz CT molecular complexity index is 608. The smallest absolute Gasteiger partial charge is 0.337 e. The highest BCUT2D eigenvalue weighted by Gasteiger charge is 2.18. The lowest BCUT2D eigenvalue weighted by Gasteiger charge is -2.26. The first kappa shape index (κ1) is 11.0. The van der Waals surface area contributed by atoms with E-state index in [1.54, 1.807) is 18.3 Å². The van der Waals surface area contributed by atoms with Crippen molar-refractivity contribution in [1.29, 1.82) is 0 Å². The summed E-state index contributed by atoms with van der Waals surface area (Å²) >= 11 is 0. The predicted molar refractivity (Wildman–Crippen MR) is 67.8 cm³/mol. The standard InChI is InChI=1S/C13H13N3O2/c17-12(18)10-6-1-3-8-7-14-13(16-11(8)10)15-9-4-2-5-9/h1,3,6-7,9H,2,4-5H2,(H,17,18)(H,14,15,16). The zero-order chi connectivity index (χ0) is 12.5. The second kappa shape index (κ2) is 4.25. The summed E-state index contributed by atoms with van der Waals surface area (Å²) in [5, 5.41) is 13.1. The summed E-state index contributed by atoms with van der Waals surface area (Å²) in [6, 6.07) is 5.51. The highest BCUT2D eigenvalue weighted by atomic mass is 16.4. The minimum atomic E-state index is -0.964. The second-order valence-electron chi connectivity index (χ2n) is 4.51. The second-order valence-corrected chi connectivity index (χ2v) is 4.51. The van der Waals surface area contributed by atoms with Gasteiger partial charge < -0.3 is 10.4 Å². The van der Waals surface area contributed by atoms with Crippen LogP contribution in [0.4, 0.5) is 5.95 Å². The summed E-state index contributed by atoms with van der Waals surface area (Å²) < 4.78 is 0. The number of hydrogen-bond acceptors (Lipinski definition) is 4. The molecule has 0 aliphatic heterocycles. The Labute approximate surface area is 104 Å². The van der Waals surface area contributed by atoms with Crippen LogP contribution in [0.2, 0.25) is 0 Å². The highest BCUT2D eigenvalue weighted by Crippen LogP contribution is 2.23. The molecule has 0 saturated heterocycles. The zero-order valence-corrected chi connectivity index (χ0v) is 9.76. The van der Waals surface area contributed by atoms with Gasteiger partial charge in [-0.15, -0.1) is 0 Å². The number of carbonyl (C=O) groups is 1. The average molecular weight is 243 g/mol. The van der Waals surface area contributed by atoms with Crippen molar-refractivity contribution in [1.82, 2.24) is 9.97 Å². The zero-order valence-electron chi connectivity index (χ0n) is 9.76. The lowest BCUT2D eigenvalue weighted by molar-refractivity contribution is 0.0699. The van der Waals surface area contributed by atoms with E-state index in [-0.39, 0.29) is 5.56 Å². The molecule has 0 amide bonds. The summed E-state index contributed by atoms with van der Waals surface area (Å²) in [6.07, 6.45) is 5.14. The number of rotatable bonds is 3. The Balaban J connectivity index is 2.03. The Morgan fingerprint density at radius 3 is 2.89 bits per heavy atom. The Kier molecular flexibility index (Phi) is 2.59. The fourth-order valence-corrected chi connectivity index (χ4v) is 2.03. The predicted octanol–water partition coefficient (Wildman–Crippen LogP) is 2.29. The number of aromatic carboxylic acids is 1. The van der Waals surface area contributed by atoms with Gasteiger partial charge in [-0.2, -0.15) is 0 Å². The molecule has 0 bridgehead atoms. The molecule has 1 saturated carbocycles. The monoisotopic (exact) mass is 243 g/mol. The Morgan fingerprint density at radius 2 is 2.22 bits per heavy atom. The number of nitrogens with one attached hydrogen (secondary N) is 1. The summed E-state index contributed by atoms with van der Waals surface area (Å²) in [5.41, 5.74) is 0.702. The van der Waals surface area contributed by atoms with E-state index in [1.165, 1.54) is 6.42 Å². The van der Waals surface area contributed by atoms with Crippen molar-refractivity contribution in [2.75, 3.05) is 5.32 Å². The van der Waals surface area contributed by atoms with Gasteiger partial charge in [-0.3, -0.25) is 0 Å². The molecule has 0 radical (unpaired) electrons. The quantitative estimate of drug-likeness (QED) is 0.865. The van der Waals surface area contributed by atoms with Gasteiger partial charge in [0.15, 0.2) is 0 Å². The third kappa shape index (κ3) is 1.88. The molecule has 5 nitrogen and oxygen atoms in total. The first-order valence-electron chi connectivity index (χ1n) is 5.99. The maximum atomic E-state index is 11.1. The molecule has 2 N–H and O–H groups in total. The lowest BCUT2D eigenvalue weighted by Crippen LogP contribution is -2.28. The maximum absolute atomic E-state index is 11.1. The van der Waals surface area contributed by atoms with Gasteiger partial charge in [0.2, 0.25) is 5.95 Å². The van der Waals surface area contributed by atoms with Gasteiger partial charge in [0, 0.05) is 17.6 Å². The van der Waals surface area contributed by atoms with Crippen molar-refractivity contribution in [3.05, 3.63) is 30.0 Å². The summed E-state index contributed by atoms with van der Waals surface area (Å²) in [6.45, 7) is 0. The molecule has 92 valence electrons. The number of benzene rings is 1. The molecule has 1 heterocycles. The molecule has 5 heteroatoms. The van der Waals surface area contributed by atoms with E-state index >= 15 is 0 Å². The van der Waals surface area contributed by atoms with Crippen molar-refractivity contribution in [2.45, 2.75) is 25.3 Å². The number of carboxylic acids is 1. The van der Waals surface area contributed by atoms with Crippen LogP contribution >= 0.6 is 0 Å². The van der Waals surface area contributed by atoms with Gasteiger partial charge in [-0.05, 0) is 25.3 Å². The third-order valence-electron chi connectivity index (χ3n) is 3.28.